The molecule has 0 unspecified atom stereocenters. The minimum atomic E-state index is 0.431. The van der Waals surface area contributed by atoms with Gasteiger partial charge in [0, 0.05) is 11.6 Å². The summed E-state index contributed by atoms with van der Waals surface area (Å²) >= 11 is 18.3. The molecule has 0 aliphatic heterocycles. The van der Waals surface area contributed by atoms with Crippen molar-refractivity contribution in [2.45, 2.75) is 13.2 Å². The van der Waals surface area contributed by atoms with Crippen LogP contribution in [-0.4, -0.2) is 7.11 Å². The fourth-order valence-electron chi connectivity index (χ4n) is 2.54. The number of halogens is 3. The summed E-state index contributed by atoms with van der Waals surface area (Å²) in [7, 11) is 1.62. The Morgan fingerprint density at radius 1 is 0.815 bits per heavy atom. The molecule has 0 aliphatic carbocycles. The molecule has 0 saturated carbocycles. The average Bonchev–Trinajstić information content (AvgIpc) is 2.67. The fraction of sp³-hybridized carbons (Fsp3) is 0.143. The molecule has 1 N–H and O–H groups in total. The molecule has 0 bridgehead atoms. The van der Waals surface area contributed by atoms with E-state index in [0.717, 1.165) is 11.1 Å². The Bertz CT molecular complexity index is 894. The van der Waals surface area contributed by atoms with E-state index in [-0.39, 0.29) is 0 Å². The molecule has 0 saturated heterocycles. The monoisotopic (exact) mass is 421 g/mol. The van der Waals surface area contributed by atoms with Gasteiger partial charge in [0.2, 0.25) is 0 Å². The predicted octanol–water partition coefficient (Wildman–Crippen LogP) is 6.85. The van der Waals surface area contributed by atoms with Crippen LogP contribution in [0.1, 0.15) is 11.1 Å². The Hall–Kier alpha value is -2.07. The first kappa shape index (κ1) is 19.7. The summed E-state index contributed by atoms with van der Waals surface area (Å²) in [5, 5.41) is 5.12. The Morgan fingerprint density at radius 3 is 2.15 bits per heavy atom. The van der Waals surface area contributed by atoms with Crippen molar-refractivity contribution < 1.29 is 9.47 Å². The van der Waals surface area contributed by atoms with Gasteiger partial charge in [0.25, 0.3) is 0 Å². The van der Waals surface area contributed by atoms with Gasteiger partial charge < -0.3 is 14.8 Å². The van der Waals surface area contributed by atoms with E-state index in [0.29, 0.717) is 45.4 Å². The maximum absolute atomic E-state index is 6.19. The lowest BCUT2D eigenvalue weighted by molar-refractivity contribution is 0.284. The zero-order valence-corrected chi connectivity index (χ0v) is 16.9. The molecule has 140 valence electrons. The predicted molar refractivity (Wildman–Crippen MR) is 113 cm³/mol. The SMILES string of the molecule is COc1cc(CNc2c(Cl)cccc2Cl)ccc1OCc1ccc(Cl)cc1. The van der Waals surface area contributed by atoms with Gasteiger partial charge >= 0.3 is 0 Å². The molecular formula is C21H18Cl3NO2. The fourth-order valence-corrected chi connectivity index (χ4v) is 3.20. The van der Waals surface area contributed by atoms with Crippen LogP contribution in [0.3, 0.4) is 0 Å². The molecule has 0 spiro atoms. The number of ether oxygens (including phenoxy) is 2. The van der Waals surface area contributed by atoms with E-state index in [1.54, 1.807) is 19.2 Å². The lowest BCUT2D eigenvalue weighted by Crippen LogP contribution is -2.02. The number of nitrogens with one attached hydrogen (secondary N) is 1. The van der Waals surface area contributed by atoms with Crippen LogP contribution in [0.15, 0.2) is 60.7 Å². The second-order valence-corrected chi connectivity index (χ2v) is 7.10. The first-order chi connectivity index (χ1) is 13.1. The van der Waals surface area contributed by atoms with Crippen LogP contribution >= 0.6 is 34.8 Å². The lowest BCUT2D eigenvalue weighted by Gasteiger charge is -2.14. The third-order valence-corrected chi connectivity index (χ3v) is 4.85. The van der Waals surface area contributed by atoms with E-state index < -0.39 is 0 Å². The minimum absolute atomic E-state index is 0.431. The molecule has 0 aliphatic rings. The number of anilines is 1. The van der Waals surface area contributed by atoms with Crippen molar-refractivity contribution in [3.63, 3.8) is 0 Å². The molecule has 0 heterocycles. The van der Waals surface area contributed by atoms with Crippen LogP contribution in [0, 0.1) is 0 Å². The maximum atomic E-state index is 6.19. The Morgan fingerprint density at radius 2 is 1.48 bits per heavy atom. The highest BCUT2D eigenvalue weighted by molar-refractivity contribution is 6.39. The van der Waals surface area contributed by atoms with Crippen LogP contribution in [-0.2, 0) is 13.2 Å². The first-order valence-corrected chi connectivity index (χ1v) is 9.42. The van der Waals surface area contributed by atoms with E-state index in [4.69, 9.17) is 44.3 Å². The Kier molecular flexibility index (Phi) is 6.73. The van der Waals surface area contributed by atoms with Crippen LogP contribution < -0.4 is 14.8 Å². The van der Waals surface area contributed by atoms with Gasteiger partial charge in [0.15, 0.2) is 11.5 Å². The van der Waals surface area contributed by atoms with Crippen molar-refractivity contribution >= 4 is 40.5 Å². The average molecular weight is 423 g/mol. The summed E-state index contributed by atoms with van der Waals surface area (Å²) in [6.45, 7) is 0.984. The summed E-state index contributed by atoms with van der Waals surface area (Å²) in [6, 6.07) is 18.7. The largest absolute Gasteiger partial charge is 0.493 e. The van der Waals surface area contributed by atoms with Crippen molar-refractivity contribution in [2.75, 3.05) is 12.4 Å². The highest BCUT2D eigenvalue weighted by atomic mass is 35.5. The molecule has 3 nitrogen and oxygen atoms in total. The highest BCUT2D eigenvalue weighted by Gasteiger charge is 2.09. The third kappa shape index (κ3) is 5.23. The molecule has 0 radical (unpaired) electrons. The van der Waals surface area contributed by atoms with E-state index in [1.807, 2.05) is 48.5 Å². The third-order valence-electron chi connectivity index (χ3n) is 3.97. The quantitative estimate of drug-likeness (QED) is 0.452. The molecule has 3 aromatic rings. The van der Waals surface area contributed by atoms with E-state index in [1.165, 1.54) is 0 Å². The second-order valence-electron chi connectivity index (χ2n) is 5.85. The molecular weight excluding hydrogens is 405 g/mol. The van der Waals surface area contributed by atoms with E-state index in [2.05, 4.69) is 5.32 Å². The molecule has 3 rings (SSSR count). The van der Waals surface area contributed by atoms with E-state index in [9.17, 15) is 0 Å². The number of hydrogen-bond acceptors (Lipinski definition) is 3. The number of hydrogen-bond donors (Lipinski definition) is 1. The topological polar surface area (TPSA) is 30.5 Å². The molecule has 0 atom stereocenters. The Balaban J connectivity index is 1.67. The highest BCUT2D eigenvalue weighted by Crippen LogP contribution is 2.32. The normalized spacial score (nSPS) is 10.5. The second kappa shape index (κ2) is 9.23. The van der Waals surface area contributed by atoms with Crippen LogP contribution in [0.2, 0.25) is 15.1 Å². The molecule has 0 amide bonds. The van der Waals surface area contributed by atoms with E-state index >= 15 is 0 Å². The maximum Gasteiger partial charge on any atom is 0.161 e. The minimum Gasteiger partial charge on any atom is -0.493 e. The lowest BCUT2D eigenvalue weighted by atomic mass is 10.2. The van der Waals surface area contributed by atoms with Crippen molar-refractivity contribution in [2.24, 2.45) is 0 Å². The summed E-state index contributed by atoms with van der Waals surface area (Å²) < 4.78 is 11.3. The smallest absolute Gasteiger partial charge is 0.161 e. The van der Waals surface area contributed by atoms with Gasteiger partial charge in [-0.25, -0.2) is 0 Å². The molecule has 0 aromatic heterocycles. The van der Waals surface area contributed by atoms with Crippen molar-refractivity contribution in [3.05, 3.63) is 86.9 Å². The van der Waals surface area contributed by atoms with Crippen molar-refractivity contribution in [3.8, 4) is 11.5 Å². The molecule has 6 heteroatoms. The zero-order valence-electron chi connectivity index (χ0n) is 14.6. The zero-order chi connectivity index (χ0) is 19.2. The van der Waals surface area contributed by atoms with Gasteiger partial charge in [0.05, 0.1) is 22.8 Å². The van der Waals surface area contributed by atoms with Gasteiger partial charge in [-0.2, -0.15) is 0 Å². The number of rotatable bonds is 7. The summed E-state index contributed by atoms with van der Waals surface area (Å²) in [5.41, 5.74) is 2.75. The summed E-state index contributed by atoms with van der Waals surface area (Å²) in [5.74, 6) is 1.33. The number of methoxy groups -OCH3 is 1. The van der Waals surface area contributed by atoms with Gasteiger partial charge in [-0.05, 0) is 47.5 Å². The molecule has 0 fully saturated rings. The summed E-state index contributed by atoms with van der Waals surface area (Å²) in [4.78, 5) is 0. The van der Waals surface area contributed by atoms with Crippen LogP contribution in [0.5, 0.6) is 11.5 Å². The summed E-state index contributed by atoms with van der Waals surface area (Å²) in [6.07, 6.45) is 0. The van der Waals surface area contributed by atoms with Crippen molar-refractivity contribution in [1.82, 2.24) is 0 Å². The van der Waals surface area contributed by atoms with Gasteiger partial charge in [-0.3, -0.25) is 0 Å². The van der Waals surface area contributed by atoms with Gasteiger partial charge in [0.1, 0.15) is 6.61 Å². The van der Waals surface area contributed by atoms with Gasteiger partial charge in [-0.1, -0.05) is 59.1 Å². The standard InChI is InChI=1S/C21H18Cl3NO2/c1-26-20-11-15(12-25-21-17(23)3-2-4-18(21)24)7-10-19(20)27-13-14-5-8-16(22)9-6-14/h2-11,25H,12-13H2,1H3. The van der Waals surface area contributed by atoms with Crippen LogP contribution in [0.25, 0.3) is 0 Å². The first-order valence-electron chi connectivity index (χ1n) is 8.29. The van der Waals surface area contributed by atoms with Gasteiger partial charge in [-0.15, -0.1) is 0 Å². The number of benzene rings is 3. The Labute approximate surface area is 173 Å². The number of para-hydroxylation sites is 1. The molecule has 27 heavy (non-hydrogen) atoms. The molecule has 3 aromatic carbocycles. The van der Waals surface area contributed by atoms with Crippen molar-refractivity contribution in [1.29, 1.82) is 0 Å². The van der Waals surface area contributed by atoms with Crippen LogP contribution in [0.4, 0.5) is 5.69 Å².